The lowest BCUT2D eigenvalue weighted by Crippen LogP contribution is -2.05. The molecule has 6 heteroatoms. The van der Waals surface area contributed by atoms with Crippen LogP contribution in [0.2, 0.25) is 0 Å². The Balaban J connectivity index is 1.13. The van der Waals surface area contributed by atoms with Gasteiger partial charge in [0.15, 0.2) is 0 Å². The second-order valence-corrected chi connectivity index (χ2v) is 10.00. The molecule has 1 heterocycles. The minimum absolute atomic E-state index is 0.210. The number of hydrogen-bond acceptors (Lipinski definition) is 5. The third kappa shape index (κ3) is 7.70. The molecule has 210 valence electrons. The molecule has 4 aromatic carbocycles. The summed E-state index contributed by atoms with van der Waals surface area (Å²) in [6.07, 6.45) is 2.97. The SMILES string of the molecule is COC(=O)Cc1cn(Cc2ccccc2)c2ccc(OCCCOc3ccc(OCc4ccc(C)cc4)cc3)cc12. The van der Waals surface area contributed by atoms with Crippen LogP contribution in [0.5, 0.6) is 17.2 Å². The molecule has 1 aromatic heterocycles. The Morgan fingerprint density at radius 1 is 0.732 bits per heavy atom. The van der Waals surface area contributed by atoms with E-state index >= 15 is 0 Å². The zero-order valence-corrected chi connectivity index (χ0v) is 23.5. The average Bonchev–Trinajstić information content (AvgIpc) is 3.33. The first-order valence-electron chi connectivity index (χ1n) is 13.8. The molecule has 6 nitrogen and oxygen atoms in total. The maximum absolute atomic E-state index is 12.1. The third-order valence-corrected chi connectivity index (χ3v) is 6.87. The summed E-state index contributed by atoms with van der Waals surface area (Å²) in [5.74, 6) is 2.09. The van der Waals surface area contributed by atoms with Crippen molar-refractivity contribution in [3.63, 3.8) is 0 Å². The lowest BCUT2D eigenvalue weighted by Gasteiger charge is -2.10. The predicted molar refractivity (Wildman–Crippen MR) is 161 cm³/mol. The fourth-order valence-electron chi connectivity index (χ4n) is 4.64. The quantitative estimate of drug-likeness (QED) is 0.115. The Morgan fingerprint density at radius 3 is 2.10 bits per heavy atom. The molecule has 0 fully saturated rings. The molecule has 0 atom stereocenters. The summed E-state index contributed by atoms with van der Waals surface area (Å²) in [5, 5.41) is 0.991. The van der Waals surface area contributed by atoms with Gasteiger partial charge in [0.2, 0.25) is 0 Å². The van der Waals surface area contributed by atoms with Gasteiger partial charge in [-0.25, -0.2) is 0 Å². The number of aromatic nitrogens is 1. The van der Waals surface area contributed by atoms with Crippen LogP contribution in [0.4, 0.5) is 0 Å². The third-order valence-electron chi connectivity index (χ3n) is 6.87. The van der Waals surface area contributed by atoms with Gasteiger partial charge < -0.3 is 23.5 Å². The highest BCUT2D eigenvalue weighted by atomic mass is 16.5. The van der Waals surface area contributed by atoms with Gasteiger partial charge in [-0.3, -0.25) is 4.79 Å². The Morgan fingerprint density at radius 2 is 1.39 bits per heavy atom. The van der Waals surface area contributed by atoms with Crippen LogP contribution in [0.25, 0.3) is 10.9 Å². The standard InChI is InChI=1S/C35H35NO5/c1-26-9-11-28(12-10-26)25-41-31-15-13-30(14-16-31)39-19-6-20-40-32-17-18-34-33(22-32)29(21-35(37)38-2)24-36(34)23-27-7-4-3-5-8-27/h3-5,7-18,22,24H,6,19-21,23,25H2,1-2H3. The highest BCUT2D eigenvalue weighted by Crippen LogP contribution is 2.28. The van der Waals surface area contributed by atoms with Crippen molar-refractivity contribution in [3.8, 4) is 17.2 Å². The van der Waals surface area contributed by atoms with Crippen LogP contribution < -0.4 is 14.2 Å². The normalized spacial score (nSPS) is 10.9. The molecule has 0 spiro atoms. The van der Waals surface area contributed by atoms with Gasteiger partial charge in [-0.05, 0) is 66.1 Å². The average molecular weight is 550 g/mol. The lowest BCUT2D eigenvalue weighted by molar-refractivity contribution is -0.139. The molecule has 41 heavy (non-hydrogen) atoms. The van der Waals surface area contributed by atoms with Crippen molar-refractivity contribution in [2.45, 2.75) is 32.9 Å². The van der Waals surface area contributed by atoms with Crippen molar-refractivity contribution >= 4 is 16.9 Å². The maximum Gasteiger partial charge on any atom is 0.310 e. The molecular formula is C35H35NO5. The van der Waals surface area contributed by atoms with Crippen LogP contribution in [0, 0.1) is 6.92 Å². The molecule has 5 rings (SSSR count). The molecule has 5 aromatic rings. The second kappa shape index (κ2) is 13.6. The van der Waals surface area contributed by atoms with Crippen molar-refractivity contribution in [3.05, 3.63) is 126 Å². The maximum atomic E-state index is 12.1. The zero-order chi connectivity index (χ0) is 28.4. The Kier molecular flexibility index (Phi) is 9.22. The smallest absolute Gasteiger partial charge is 0.310 e. The van der Waals surface area contributed by atoms with Gasteiger partial charge in [-0.2, -0.15) is 0 Å². The second-order valence-electron chi connectivity index (χ2n) is 10.00. The van der Waals surface area contributed by atoms with Crippen LogP contribution in [-0.2, 0) is 29.1 Å². The topological polar surface area (TPSA) is 58.9 Å². The molecule has 0 radical (unpaired) electrons. The van der Waals surface area contributed by atoms with Crippen LogP contribution >= 0.6 is 0 Å². The van der Waals surface area contributed by atoms with Crippen molar-refractivity contribution < 1.29 is 23.7 Å². The van der Waals surface area contributed by atoms with Gasteiger partial charge in [-0.15, -0.1) is 0 Å². The first-order valence-corrected chi connectivity index (χ1v) is 13.8. The van der Waals surface area contributed by atoms with Crippen LogP contribution in [-0.4, -0.2) is 30.9 Å². The molecular weight excluding hydrogens is 514 g/mol. The number of esters is 1. The van der Waals surface area contributed by atoms with E-state index in [-0.39, 0.29) is 12.4 Å². The number of methoxy groups -OCH3 is 1. The van der Waals surface area contributed by atoms with Gasteiger partial charge in [0.1, 0.15) is 23.9 Å². The summed E-state index contributed by atoms with van der Waals surface area (Å²) in [4.78, 5) is 12.1. The number of benzene rings is 4. The predicted octanol–water partition coefficient (Wildman–Crippen LogP) is 7.14. The first kappa shape index (κ1) is 27.8. The van der Waals surface area contributed by atoms with Gasteiger partial charge in [0.25, 0.3) is 0 Å². The molecule has 0 aliphatic carbocycles. The van der Waals surface area contributed by atoms with Gasteiger partial charge >= 0.3 is 5.97 Å². The van der Waals surface area contributed by atoms with E-state index < -0.39 is 0 Å². The number of rotatable bonds is 13. The molecule has 0 saturated heterocycles. The number of carbonyl (C=O) groups excluding carboxylic acids is 1. The Labute approximate surface area is 241 Å². The molecule has 0 aliphatic rings. The van der Waals surface area contributed by atoms with Crippen molar-refractivity contribution in [2.75, 3.05) is 20.3 Å². The Bertz CT molecular complexity index is 1560. The van der Waals surface area contributed by atoms with E-state index in [1.54, 1.807) is 0 Å². The zero-order valence-electron chi connectivity index (χ0n) is 23.5. The fraction of sp³-hybridized carbons (Fsp3) is 0.229. The highest BCUT2D eigenvalue weighted by molar-refractivity contribution is 5.89. The minimum Gasteiger partial charge on any atom is -0.493 e. The number of fused-ring (bicyclic) bond motifs is 1. The first-order chi connectivity index (χ1) is 20.1. The van der Waals surface area contributed by atoms with E-state index in [2.05, 4.69) is 47.9 Å². The van der Waals surface area contributed by atoms with E-state index in [1.807, 2.05) is 66.9 Å². The van der Waals surface area contributed by atoms with Crippen molar-refractivity contribution in [2.24, 2.45) is 0 Å². The lowest BCUT2D eigenvalue weighted by atomic mass is 10.1. The molecule has 0 aliphatic heterocycles. The van der Waals surface area contributed by atoms with Crippen molar-refractivity contribution in [1.29, 1.82) is 0 Å². The number of carbonyl (C=O) groups is 1. The number of ether oxygens (including phenoxy) is 4. The molecule has 0 bridgehead atoms. The van der Waals surface area contributed by atoms with Crippen molar-refractivity contribution in [1.82, 2.24) is 4.57 Å². The fourth-order valence-corrected chi connectivity index (χ4v) is 4.64. The van der Waals surface area contributed by atoms with Gasteiger partial charge in [-0.1, -0.05) is 60.2 Å². The minimum atomic E-state index is -0.266. The van der Waals surface area contributed by atoms with Crippen LogP contribution in [0.1, 0.15) is 28.7 Å². The summed E-state index contributed by atoms with van der Waals surface area (Å²) < 4.78 is 24.9. The number of nitrogens with zero attached hydrogens (tertiary/aromatic N) is 1. The summed E-state index contributed by atoms with van der Waals surface area (Å²) in [6.45, 7) is 4.37. The van der Waals surface area contributed by atoms with E-state index in [4.69, 9.17) is 18.9 Å². The summed E-state index contributed by atoms with van der Waals surface area (Å²) >= 11 is 0. The largest absolute Gasteiger partial charge is 0.493 e. The summed E-state index contributed by atoms with van der Waals surface area (Å²) in [7, 11) is 1.41. The van der Waals surface area contributed by atoms with Crippen LogP contribution in [0.15, 0.2) is 103 Å². The van der Waals surface area contributed by atoms with E-state index in [9.17, 15) is 4.79 Å². The highest BCUT2D eigenvalue weighted by Gasteiger charge is 2.14. The number of aryl methyl sites for hydroxylation is 1. The Hall–Kier alpha value is -4.71. The molecule has 0 unspecified atom stereocenters. The monoisotopic (exact) mass is 549 g/mol. The van der Waals surface area contributed by atoms with E-state index in [1.165, 1.54) is 18.2 Å². The van der Waals surface area contributed by atoms with E-state index in [0.29, 0.717) is 19.8 Å². The molecule has 0 N–H and O–H groups in total. The molecule has 0 saturated carbocycles. The van der Waals surface area contributed by atoms with Gasteiger partial charge in [0.05, 0.1) is 26.7 Å². The summed E-state index contributed by atoms with van der Waals surface area (Å²) in [6, 6.07) is 32.3. The molecule has 0 amide bonds. The van der Waals surface area contributed by atoms with Crippen LogP contribution in [0.3, 0.4) is 0 Å². The van der Waals surface area contributed by atoms with Gasteiger partial charge in [0, 0.05) is 30.1 Å². The summed E-state index contributed by atoms with van der Waals surface area (Å²) in [5.41, 5.74) is 5.54. The van der Waals surface area contributed by atoms with E-state index in [0.717, 1.165) is 52.2 Å². The number of hydrogen-bond donors (Lipinski definition) is 0.